The molecule has 1 atom stereocenters. The Labute approximate surface area is 130 Å². The lowest BCUT2D eigenvalue weighted by Crippen LogP contribution is -2.45. The molecule has 1 fully saturated rings. The van der Waals surface area contributed by atoms with Crippen LogP contribution < -0.4 is 10.5 Å². The van der Waals surface area contributed by atoms with Gasteiger partial charge in [0.05, 0.1) is 5.92 Å². The molecular formula is C17H22N2O3. The summed E-state index contributed by atoms with van der Waals surface area (Å²) in [6, 6.07) is 7.90. The molecule has 0 radical (unpaired) electrons. The molecule has 0 spiro atoms. The van der Waals surface area contributed by atoms with Gasteiger partial charge in [-0.3, -0.25) is 9.59 Å². The number of para-hydroxylation sites is 1. The highest BCUT2D eigenvalue weighted by Crippen LogP contribution is 2.29. The molecule has 2 amide bonds. The number of carbonyl (C=O) groups is 2. The van der Waals surface area contributed by atoms with Gasteiger partial charge < -0.3 is 15.4 Å². The van der Waals surface area contributed by atoms with Gasteiger partial charge in [-0.15, -0.1) is 0 Å². The molecule has 1 aromatic rings. The zero-order valence-electron chi connectivity index (χ0n) is 12.7. The van der Waals surface area contributed by atoms with E-state index in [2.05, 4.69) is 0 Å². The van der Waals surface area contributed by atoms with Crippen LogP contribution in [-0.4, -0.2) is 36.4 Å². The van der Waals surface area contributed by atoms with Crippen molar-refractivity contribution >= 4 is 11.8 Å². The molecule has 2 N–H and O–H groups in total. The summed E-state index contributed by atoms with van der Waals surface area (Å²) in [5.74, 6) is 1.05. The molecule has 0 bridgehead atoms. The van der Waals surface area contributed by atoms with E-state index >= 15 is 0 Å². The van der Waals surface area contributed by atoms with E-state index in [-0.39, 0.29) is 17.7 Å². The van der Waals surface area contributed by atoms with Crippen molar-refractivity contribution in [2.24, 2.45) is 17.6 Å². The lowest BCUT2D eigenvalue weighted by atomic mass is 9.91. The van der Waals surface area contributed by atoms with Crippen molar-refractivity contribution in [1.82, 2.24) is 4.90 Å². The first-order valence-electron chi connectivity index (χ1n) is 7.91. The molecule has 2 aliphatic rings. The van der Waals surface area contributed by atoms with Crippen LogP contribution in [0.25, 0.3) is 0 Å². The van der Waals surface area contributed by atoms with E-state index < -0.39 is 0 Å². The molecule has 1 aromatic carbocycles. The van der Waals surface area contributed by atoms with Crippen molar-refractivity contribution in [3.05, 3.63) is 29.8 Å². The second kappa shape index (κ2) is 6.38. The summed E-state index contributed by atoms with van der Waals surface area (Å²) in [4.78, 5) is 25.5. The Morgan fingerprint density at radius 3 is 2.68 bits per heavy atom. The smallest absolute Gasteiger partial charge is 0.229 e. The van der Waals surface area contributed by atoms with E-state index in [4.69, 9.17) is 10.5 Å². The fourth-order valence-corrected chi connectivity index (χ4v) is 3.39. The fraction of sp³-hybridized carbons (Fsp3) is 0.529. The van der Waals surface area contributed by atoms with Gasteiger partial charge in [0, 0.05) is 19.5 Å². The monoisotopic (exact) mass is 302 g/mol. The van der Waals surface area contributed by atoms with E-state index in [1.807, 2.05) is 29.2 Å². The van der Waals surface area contributed by atoms with E-state index in [0.717, 1.165) is 43.7 Å². The number of nitrogens with zero attached hydrogens (tertiary/aromatic N) is 1. The number of primary amides is 1. The molecule has 1 saturated heterocycles. The summed E-state index contributed by atoms with van der Waals surface area (Å²) >= 11 is 0. The van der Waals surface area contributed by atoms with E-state index in [1.54, 1.807) is 0 Å². The van der Waals surface area contributed by atoms with Gasteiger partial charge >= 0.3 is 0 Å². The number of benzene rings is 1. The number of nitrogens with two attached hydrogens (primary N) is 1. The molecule has 0 unspecified atom stereocenters. The topological polar surface area (TPSA) is 72.6 Å². The van der Waals surface area contributed by atoms with Crippen LogP contribution in [-0.2, 0) is 16.0 Å². The molecule has 2 aliphatic heterocycles. The van der Waals surface area contributed by atoms with E-state index in [1.165, 1.54) is 0 Å². The number of piperidine rings is 1. The highest BCUT2D eigenvalue weighted by atomic mass is 16.5. The van der Waals surface area contributed by atoms with Crippen molar-refractivity contribution in [2.45, 2.75) is 25.7 Å². The van der Waals surface area contributed by atoms with Crippen molar-refractivity contribution in [1.29, 1.82) is 0 Å². The van der Waals surface area contributed by atoms with Crippen molar-refractivity contribution in [3.63, 3.8) is 0 Å². The number of hydrogen-bond donors (Lipinski definition) is 1. The lowest BCUT2D eigenvalue weighted by molar-refractivity contribution is -0.138. The summed E-state index contributed by atoms with van der Waals surface area (Å²) in [7, 11) is 0. The molecule has 0 saturated carbocycles. The molecule has 22 heavy (non-hydrogen) atoms. The third-order valence-corrected chi connectivity index (χ3v) is 4.64. The molecule has 0 aliphatic carbocycles. The Kier molecular flexibility index (Phi) is 4.32. The van der Waals surface area contributed by atoms with Gasteiger partial charge in [0.25, 0.3) is 0 Å². The maximum Gasteiger partial charge on any atom is 0.229 e. The second-order valence-corrected chi connectivity index (χ2v) is 6.26. The zero-order chi connectivity index (χ0) is 15.5. The Balaban J connectivity index is 1.56. The van der Waals surface area contributed by atoms with Gasteiger partial charge in [-0.1, -0.05) is 18.2 Å². The molecule has 2 heterocycles. The number of carbonyl (C=O) groups excluding carboxylic acids is 2. The first-order valence-corrected chi connectivity index (χ1v) is 7.91. The van der Waals surface area contributed by atoms with Crippen molar-refractivity contribution in [3.8, 4) is 5.75 Å². The van der Waals surface area contributed by atoms with Gasteiger partial charge in [0.2, 0.25) is 11.8 Å². The van der Waals surface area contributed by atoms with E-state index in [0.29, 0.717) is 18.9 Å². The average molecular weight is 302 g/mol. The summed E-state index contributed by atoms with van der Waals surface area (Å²) in [6.07, 6.45) is 2.90. The minimum absolute atomic E-state index is 0.0948. The Hall–Kier alpha value is -2.04. The molecule has 0 aromatic heterocycles. The second-order valence-electron chi connectivity index (χ2n) is 6.26. The third kappa shape index (κ3) is 3.24. The minimum Gasteiger partial charge on any atom is -0.492 e. The SMILES string of the molecule is NC(=O)CC1CCN(C(=O)[C@@H]2COc3ccccc3C2)CC1. The van der Waals surface area contributed by atoms with Crippen LogP contribution in [0.4, 0.5) is 0 Å². The predicted molar refractivity (Wildman–Crippen MR) is 82.2 cm³/mol. The van der Waals surface area contributed by atoms with Crippen LogP contribution in [0, 0.1) is 11.8 Å². The average Bonchev–Trinajstić information content (AvgIpc) is 2.54. The maximum absolute atomic E-state index is 12.6. The first-order chi connectivity index (χ1) is 10.6. The Morgan fingerprint density at radius 1 is 1.23 bits per heavy atom. The number of rotatable bonds is 3. The Morgan fingerprint density at radius 2 is 1.95 bits per heavy atom. The molecule has 5 heteroatoms. The highest BCUT2D eigenvalue weighted by Gasteiger charge is 2.31. The van der Waals surface area contributed by atoms with Crippen LogP contribution in [0.3, 0.4) is 0 Å². The van der Waals surface area contributed by atoms with Gasteiger partial charge in [-0.2, -0.15) is 0 Å². The van der Waals surface area contributed by atoms with E-state index in [9.17, 15) is 9.59 Å². The third-order valence-electron chi connectivity index (χ3n) is 4.64. The summed E-state index contributed by atoms with van der Waals surface area (Å²) in [5.41, 5.74) is 6.35. The normalized spacial score (nSPS) is 21.8. The molecular weight excluding hydrogens is 280 g/mol. The van der Waals surface area contributed by atoms with Crippen LogP contribution >= 0.6 is 0 Å². The minimum atomic E-state index is -0.248. The number of hydrogen-bond acceptors (Lipinski definition) is 3. The standard InChI is InChI=1S/C17H22N2O3/c18-16(20)9-12-5-7-19(8-6-12)17(21)14-10-13-3-1-2-4-15(13)22-11-14/h1-4,12,14H,5-11H2,(H2,18,20)/t14-/m0/s1. The van der Waals surface area contributed by atoms with Crippen molar-refractivity contribution in [2.75, 3.05) is 19.7 Å². The summed E-state index contributed by atoms with van der Waals surface area (Å²) in [6.45, 7) is 1.89. The summed E-state index contributed by atoms with van der Waals surface area (Å²) in [5, 5.41) is 0. The van der Waals surface area contributed by atoms with Gasteiger partial charge in [0.15, 0.2) is 0 Å². The number of amides is 2. The first kappa shape index (κ1) is 14.9. The molecule has 3 rings (SSSR count). The zero-order valence-corrected chi connectivity index (χ0v) is 12.7. The van der Waals surface area contributed by atoms with Crippen LogP contribution in [0.1, 0.15) is 24.8 Å². The Bertz CT molecular complexity index is 565. The van der Waals surface area contributed by atoms with Crippen LogP contribution in [0.2, 0.25) is 0 Å². The number of fused-ring (bicyclic) bond motifs is 1. The van der Waals surface area contributed by atoms with Gasteiger partial charge in [-0.25, -0.2) is 0 Å². The maximum atomic E-state index is 12.6. The summed E-state index contributed by atoms with van der Waals surface area (Å²) < 4.78 is 5.71. The van der Waals surface area contributed by atoms with Crippen LogP contribution in [0.5, 0.6) is 5.75 Å². The predicted octanol–water partition coefficient (Wildman–Crippen LogP) is 1.35. The lowest BCUT2D eigenvalue weighted by Gasteiger charge is -2.35. The largest absolute Gasteiger partial charge is 0.492 e. The number of likely N-dealkylation sites (tertiary alicyclic amines) is 1. The molecule has 5 nitrogen and oxygen atoms in total. The van der Waals surface area contributed by atoms with Gasteiger partial charge in [0.1, 0.15) is 12.4 Å². The van der Waals surface area contributed by atoms with Gasteiger partial charge in [-0.05, 0) is 36.8 Å². The van der Waals surface area contributed by atoms with Crippen LogP contribution in [0.15, 0.2) is 24.3 Å². The highest BCUT2D eigenvalue weighted by molar-refractivity contribution is 5.80. The fourth-order valence-electron chi connectivity index (χ4n) is 3.39. The quantitative estimate of drug-likeness (QED) is 0.916. The molecule has 118 valence electrons. The van der Waals surface area contributed by atoms with Crippen molar-refractivity contribution < 1.29 is 14.3 Å². The number of ether oxygens (including phenoxy) is 1.